The van der Waals surface area contributed by atoms with E-state index in [-0.39, 0.29) is 17.1 Å². The van der Waals surface area contributed by atoms with Crippen molar-refractivity contribution < 1.29 is 17.6 Å². The molecule has 1 aliphatic heterocycles. The van der Waals surface area contributed by atoms with Crippen molar-refractivity contribution in [3.8, 4) is 0 Å². The molecule has 2 atom stereocenters. The van der Waals surface area contributed by atoms with Crippen LogP contribution in [0.1, 0.15) is 18.3 Å². The van der Waals surface area contributed by atoms with E-state index in [1.807, 2.05) is 28.8 Å². The number of benzene rings is 2. The molecule has 1 fully saturated rings. The predicted molar refractivity (Wildman–Crippen MR) is 112 cm³/mol. The number of para-hydroxylation sites is 2. The number of amides is 1. The quantitative estimate of drug-likeness (QED) is 0.639. The average molecular weight is 452 g/mol. The summed E-state index contributed by atoms with van der Waals surface area (Å²) in [5, 5.41) is 2.47. The number of aromatic nitrogens is 2. The standard InChI is InChI=1S/C19H19ClFN5O3S/c1-25-16-6-4-3-5-14(16)23-18(25)15-10-17(26(2)30(28,29)24-15)19(27)22-11-7-8-13(21)12(20)9-11/h3-9,15,17,24H,10H2,1-2H3,(H,22,27)/t15-,17+/m1/s1. The molecule has 2 aromatic carbocycles. The molecule has 11 heteroatoms. The fourth-order valence-electron chi connectivity index (χ4n) is 3.56. The fraction of sp³-hybridized carbons (Fsp3) is 0.263. The molecule has 158 valence electrons. The number of likely N-dealkylation sites (N-methyl/N-ethyl adjacent to an activating group) is 1. The maximum atomic E-state index is 13.4. The highest BCUT2D eigenvalue weighted by Crippen LogP contribution is 2.30. The van der Waals surface area contributed by atoms with Crippen LogP contribution in [0.5, 0.6) is 0 Å². The van der Waals surface area contributed by atoms with Crippen LogP contribution in [0.25, 0.3) is 11.0 Å². The molecule has 30 heavy (non-hydrogen) atoms. The van der Waals surface area contributed by atoms with Gasteiger partial charge >= 0.3 is 0 Å². The molecule has 1 saturated heterocycles. The molecule has 4 rings (SSSR count). The van der Waals surface area contributed by atoms with Gasteiger partial charge in [0.1, 0.15) is 17.7 Å². The van der Waals surface area contributed by atoms with Crippen molar-refractivity contribution in [2.45, 2.75) is 18.5 Å². The Morgan fingerprint density at radius 2 is 2.00 bits per heavy atom. The van der Waals surface area contributed by atoms with Gasteiger partial charge in [0.15, 0.2) is 0 Å². The molecule has 0 saturated carbocycles. The zero-order chi connectivity index (χ0) is 21.6. The second-order valence-electron chi connectivity index (χ2n) is 7.08. The van der Waals surface area contributed by atoms with Gasteiger partial charge in [0.05, 0.1) is 22.1 Å². The van der Waals surface area contributed by atoms with Gasteiger partial charge in [-0.2, -0.15) is 17.4 Å². The Kier molecular flexibility index (Phi) is 5.27. The molecule has 0 unspecified atom stereocenters. The first kappa shape index (κ1) is 20.7. The van der Waals surface area contributed by atoms with Crippen LogP contribution in [0, 0.1) is 5.82 Å². The third-order valence-corrected chi connectivity index (χ3v) is 7.08. The molecule has 2 heterocycles. The van der Waals surface area contributed by atoms with E-state index in [1.165, 1.54) is 19.2 Å². The van der Waals surface area contributed by atoms with Crippen molar-refractivity contribution in [1.29, 1.82) is 0 Å². The van der Waals surface area contributed by atoms with Crippen LogP contribution in [-0.2, 0) is 22.1 Å². The lowest BCUT2D eigenvalue weighted by Gasteiger charge is -2.35. The summed E-state index contributed by atoms with van der Waals surface area (Å²) < 4.78 is 44.1. The Morgan fingerprint density at radius 1 is 1.27 bits per heavy atom. The van der Waals surface area contributed by atoms with Gasteiger partial charge in [-0.25, -0.2) is 9.37 Å². The molecule has 8 nitrogen and oxygen atoms in total. The van der Waals surface area contributed by atoms with E-state index in [1.54, 1.807) is 7.05 Å². The molecule has 0 spiro atoms. The molecule has 1 aliphatic rings. The topological polar surface area (TPSA) is 96.3 Å². The van der Waals surface area contributed by atoms with Crippen LogP contribution in [0.15, 0.2) is 42.5 Å². The maximum absolute atomic E-state index is 13.4. The smallest absolute Gasteiger partial charge is 0.280 e. The predicted octanol–water partition coefficient (Wildman–Crippen LogP) is 2.58. The van der Waals surface area contributed by atoms with E-state index in [2.05, 4.69) is 15.0 Å². The van der Waals surface area contributed by atoms with E-state index in [9.17, 15) is 17.6 Å². The van der Waals surface area contributed by atoms with Gasteiger partial charge in [0.2, 0.25) is 5.91 Å². The van der Waals surface area contributed by atoms with E-state index < -0.39 is 34.0 Å². The van der Waals surface area contributed by atoms with Crippen LogP contribution in [0.2, 0.25) is 5.02 Å². The highest BCUT2D eigenvalue weighted by Gasteiger charge is 2.42. The van der Waals surface area contributed by atoms with Gasteiger partial charge in [-0.15, -0.1) is 0 Å². The maximum Gasteiger partial charge on any atom is 0.280 e. The lowest BCUT2D eigenvalue weighted by atomic mass is 10.1. The Labute approximate surface area is 177 Å². The normalized spacial score (nSPS) is 21.6. The number of imidazole rings is 1. The molecule has 2 N–H and O–H groups in total. The first-order chi connectivity index (χ1) is 14.2. The second kappa shape index (κ2) is 7.62. The molecule has 3 aromatic rings. The number of nitrogens with one attached hydrogen (secondary N) is 2. The highest BCUT2D eigenvalue weighted by atomic mass is 35.5. The minimum absolute atomic E-state index is 0.142. The number of fused-ring (bicyclic) bond motifs is 1. The van der Waals surface area contributed by atoms with Crippen LogP contribution in [0.4, 0.5) is 10.1 Å². The first-order valence-electron chi connectivity index (χ1n) is 9.10. The number of halogens is 2. The van der Waals surface area contributed by atoms with E-state index in [4.69, 9.17) is 11.6 Å². The van der Waals surface area contributed by atoms with Gasteiger partial charge < -0.3 is 9.88 Å². The summed E-state index contributed by atoms with van der Waals surface area (Å²) in [6.07, 6.45) is 0.160. The van der Waals surface area contributed by atoms with Crippen LogP contribution < -0.4 is 10.0 Å². The number of carbonyl (C=O) groups excluding carboxylic acids is 1. The van der Waals surface area contributed by atoms with Crippen molar-refractivity contribution in [3.05, 3.63) is 59.1 Å². The third-order valence-electron chi connectivity index (χ3n) is 5.19. The zero-order valence-electron chi connectivity index (χ0n) is 16.1. The minimum atomic E-state index is -3.93. The van der Waals surface area contributed by atoms with Gasteiger partial charge in [-0.05, 0) is 36.8 Å². The Balaban J connectivity index is 1.64. The fourth-order valence-corrected chi connectivity index (χ4v) is 4.98. The highest BCUT2D eigenvalue weighted by molar-refractivity contribution is 7.87. The number of hydrogen-bond donors (Lipinski definition) is 2. The molecular formula is C19H19ClFN5O3S. The molecule has 1 aromatic heterocycles. The zero-order valence-corrected chi connectivity index (χ0v) is 17.7. The number of anilines is 1. The van der Waals surface area contributed by atoms with Crippen LogP contribution >= 0.6 is 11.6 Å². The molecular weight excluding hydrogens is 433 g/mol. The van der Waals surface area contributed by atoms with Gasteiger partial charge in [-0.1, -0.05) is 23.7 Å². The van der Waals surface area contributed by atoms with Crippen LogP contribution in [-0.4, -0.2) is 41.3 Å². The van der Waals surface area contributed by atoms with E-state index in [0.29, 0.717) is 5.82 Å². The Bertz CT molecular complexity index is 1250. The van der Waals surface area contributed by atoms with Crippen molar-refractivity contribution in [1.82, 2.24) is 18.6 Å². The van der Waals surface area contributed by atoms with Gasteiger partial charge in [-0.3, -0.25) is 4.79 Å². The number of carbonyl (C=O) groups is 1. The second-order valence-corrected chi connectivity index (χ2v) is 9.25. The molecule has 0 aliphatic carbocycles. The minimum Gasteiger partial charge on any atom is -0.330 e. The summed E-state index contributed by atoms with van der Waals surface area (Å²) in [4.78, 5) is 17.4. The Morgan fingerprint density at radius 3 is 2.70 bits per heavy atom. The average Bonchev–Trinajstić information content (AvgIpc) is 3.03. The van der Waals surface area contributed by atoms with Crippen molar-refractivity contribution in [2.24, 2.45) is 7.05 Å². The largest absolute Gasteiger partial charge is 0.330 e. The molecule has 0 radical (unpaired) electrons. The summed E-state index contributed by atoms with van der Waals surface area (Å²) in [5.74, 6) is -0.650. The molecule has 0 bridgehead atoms. The summed E-state index contributed by atoms with van der Waals surface area (Å²) in [6.45, 7) is 0. The number of nitrogens with zero attached hydrogens (tertiary/aromatic N) is 3. The van der Waals surface area contributed by atoms with E-state index >= 15 is 0 Å². The lowest BCUT2D eigenvalue weighted by molar-refractivity contribution is -0.120. The Hall–Kier alpha value is -2.53. The van der Waals surface area contributed by atoms with Crippen molar-refractivity contribution in [2.75, 3.05) is 12.4 Å². The van der Waals surface area contributed by atoms with E-state index in [0.717, 1.165) is 21.4 Å². The SMILES string of the molecule is CN1[C@H](C(=O)Nc2ccc(F)c(Cl)c2)C[C@H](c2nc3ccccc3n2C)NS1(=O)=O. The molecule has 1 amide bonds. The van der Waals surface area contributed by atoms with Crippen molar-refractivity contribution in [3.63, 3.8) is 0 Å². The number of hydrogen-bond acceptors (Lipinski definition) is 4. The summed E-state index contributed by atoms with van der Waals surface area (Å²) in [5.41, 5.74) is 1.86. The lowest BCUT2D eigenvalue weighted by Crippen LogP contribution is -2.56. The first-order valence-corrected chi connectivity index (χ1v) is 10.9. The van der Waals surface area contributed by atoms with Gasteiger partial charge in [0, 0.05) is 19.8 Å². The third kappa shape index (κ3) is 3.67. The summed E-state index contributed by atoms with van der Waals surface area (Å²) >= 11 is 5.76. The number of rotatable bonds is 3. The summed E-state index contributed by atoms with van der Waals surface area (Å²) in [7, 11) is -0.804. The van der Waals surface area contributed by atoms with Crippen LogP contribution in [0.3, 0.4) is 0 Å². The van der Waals surface area contributed by atoms with Gasteiger partial charge in [0.25, 0.3) is 10.2 Å². The monoisotopic (exact) mass is 451 g/mol. The van der Waals surface area contributed by atoms with Crippen molar-refractivity contribution >= 4 is 44.4 Å². The summed E-state index contributed by atoms with van der Waals surface area (Å²) in [6, 6.07) is 9.51. The number of aryl methyl sites for hydroxylation is 1.